The van der Waals surface area contributed by atoms with Gasteiger partial charge in [-0.1, -0.05) is 45.0 Å². The number of hydrogen-bond acceptors (Lipinski definition) is 3. The molecule has 4 rings (SSSR count). The van der Waals surface area contributed by atoms with Crippen molar-refractivity contribution in [1.82, 2.24) is 14.8 Å². The maximum absolute atomic E-state index is 5.74. The zero-order valence-electron chi connectivity index (χ0n) is 14.9. The van der Waals surface area contributed by atoms with Crippen molar-refractivity contribution in [3.05, 3.63) is 60.6 Å². The van der Waals surface area contributed by atoms with Gasteiger partial charge in [0.05, 0.1) is 11.9 Å². The van der Waals surface area contributed by atoms with Crippen molar-refractivity contribution in [2.75, 3.05) is 0 Å². The Labute approximate surface area is 147 Å². The summed E-state index contributed by atoms with van der Waals surface area (Å²) in [5, 5.41) is 4.23. The van der Waals surface area contributed by atoms with Crippen LogP contribution in [0.5, 0.6) is 0 Å². The molecule has 0 saturated heterocycles. The van der Waals surface area contributed by atoms with Gasteiger partial charge in [0.25, 0.3) is 0 Å². The molecule has 0 aliphatic heterocycles. The Hall–Kier alpha value is -2.88. The Kier molecular flexibility index (Phi) is 3.49. The number of rotatable bonds is 2. The lowest BCUT2D eigenvalue weighted by Gasteiger charge is -2.19. The smallest absolute Gasteiger partial charge is 0.153 e. The van der Waals surface area contributed by atoms with E-state index in [1.807, 2.05) is 31.6 Å². The molecule has 0 spiro atoms. The molecule has 25 heavy (non-hydrogen) atoms. The Bertz CT molecular complexity index is 1050. The number of furan rings is 1. The zero-order valence-corrected chi connectivity index (χ0v) is 14.9. The van der Waals surface area contributed by atoms with Crippen molar-refractivity contribution in [3.8, 4) is 22.4 Å². The van der Waals surface area contributed by atoms with Crippen molar-refractivity contribution in [3.63, 3.8) is 0 Å². The van der Waals surface area contributed by atoms with Gasteiger partial charge in [-0.25, -0.2) is 4.98 Å². The highest BCUT2D eigenvalue weighted by molar-refractivity contribution is 5.92. The van der Waals surface area contributed by atoms with Crippen molar-refractivity contribution in [2.24, 2.45) is 7.05 Å². The van der Waals surface area contributed by atoms with E-state index in [-0.39, 0.29) is 5.41 Å². The summed E-state index contributed by atoms with van der Waals surface area (Å²) in [4.78, 5) is 4.84. The number of benzene rings is 1. The Morgan fingerprint density at radius 3 is 2.60 bits per heavy atom. The summed E-state index contributed by atoms with van der Waals surface area (Å²) in [6.45, 7) is 6.66. The number of hydrogen-bond donors (Lipinski definition) is 0. The van der Waals surface area contributed by atoms with Crippen LogP contribution in [0.1, 0.15) is 26.3 Å². The van der Waals surface area contributed by atoms with Gasteiger partial charge >= 0.3 is 0 Å². The first-order chi connectivity index (χ1) is 11.9. The number of nitrogens with zero attached hydrogens (tertiary/aromatic N) is 3. The van der Waals surface area contributed by atoms with Gasteiger partial charge < -0.3 is 4.42 Å². The molecule has 0 saturated carbocycles. The minimum absolute atomic E-state index is 0.101. The third-order valence-corrected chi connectivity index (χ3v) is 4.46. The van der Waals surface area contributed by atoms with Crippen LogP contribution in [0.25, 0.3) is 33.5 Å². The first-order valence-corrected chi connectivity index (χ1v) is 8.40. The molecule has 4 aromatic rings. The van der Waals surface area contributed by atoms with Crippen molar-refractivity contribution in [2.45, 2.75) is 26.2 Å². The van der Waals surface area contributed by atoms with Gasteiger partial charge in [-0.15, -0.1) is 0 Å². The molecule has 0 fully saturated rings. The van der Waals surface area contributed by atoms with Crippen LogP contribution in [0, 0.1) is 0 Å². The van der Waals surface area contributed by atoms with Gasteiger partial charge in [0.15, 0.2) is 5.58 Å². The van der Waals surface area contributed by atoms with E-state index in [1.165, 1.54) is 5.56 Å². The lowest BCUT2D eigenvalue weighted by atomic mass is 9.85. The van der Waals surface area contributed by atoms with Gasteiger partial charge in [-0.2, -0.15) is 5.10 Å². The predicted molar refractivity (Wildman–Crippen MR) is 100 cm³/mol. The van der Waals surface area contributed by atoms with Crippen LogP contribution in [0.4, 0.5) is 0 Å². The van der Waals surface area contributed by atoms with E-state index in [2.05, 4.69) is 50.1 Å². The molecule has 0 amide bonds. The molecule has 0 bridgehead atoms. The molecule has 0 atom stereocenters. The van der Waals surface area contributed by atoms with Gasteiger partial charge in [0, 0.05) is 24.4 Å². The van der Waals surface area contributed by atoms with E-state index in [9.17, 15) is 0 Å². The number of aromatic nitrogens is 3. The summed E-state index contributed by atoms with van der Waals surface area (Å²) in [6, 6.07) is 12.5. The van der Waals surface area contributed by atoms with Crippen LogP contribution >= 0.6 is 0 Å². The molecule has 4 nitrogen and oxygen atoms in total. The summed E-state index contributed by atoms with van der Waals surface area (Å²) >= 11 is 0. The second-order valence-corrected chi connectivity index (χ2v) is 7.43. The molecule has 3 heterocycles. The van der Waals surface area contributed by atoms with Gasteiger partial charge in [-0.3, -0.25) is 4.68 Å². The normalized spacial score (nSPS) is 12.0. The molecule has 3 aromatic heterocycles. The molecule has 1 aromatic carbocycles. The summed E-state index contributed by atoms with van der Waals surface area (Å²) in [5.74, 6) is 0. The first-order valence-electron chi connectivity index (χ1n) is 8.40. The van der Waals surface area contributed by atoms with E-state index in [1.54, 1.807) is 10.9 Å². The fourth-order valence-electron chi connectivity index (χ4n) is 2.98. The molecule has 0 N–H and O–H groups in total. The van der Waals surface area contributed by atoms with Crippen molar-refractivity contribution >= 4 is 11.1 Å². The van der Waals surface area contributed by atoms with Crippen LogP contribution in [-0.2, 0) is 12.5 Å². The van der Waals surface area contributed by atoms with Gasteiger partial charge in [-0.05, 0) is 28.7 Å². The largest absolute Gasteiger partial charge is 0.462 e. The first kappa shape index (κ1) is 15.6. The lowest BCUT2D eigenvalue weighted by Crippen LogP contribution is -2.10. The van der Waals surface area contributed by atoms with Crippen molar-refractivity contribution in [1.29, 1.82) is 0 Å². The molecule has 0 aliphatic rings. The number of aryl methyl sites for hydroxylation is 1. The van der Waals surface area contributed by atoms with E-state index in [0.717, 1.165) is 33.5 Å². The molecular formula is C21H21N3O. The monoisotopic (exact) mass is 331 g/mol. The van der Waals surface area contributed by atoms with Gasteiger partial charge in [0.1, 0.15) is 11.8 Å². The fourth-order valence-corrected chi connectivity index (χ4v) is 2.98. The molecule has 126 valence electrons. The second-order valence-electron chi connectivity index (χ2n) is 7.43. The number of fused-ring (bicyclic) bond motifs is 1. The zero-order chi connectivity index (χ0) is 17.6. The molecule has 0 radical (unpaired) electrons. The lowest BCUT2D eigenvalue weighted by molar-refractivity contribution is 0.590. The molecule has 0 aliphatic carbocycles. The van der Waals surface area contributed by atoms with Crippen LogP contribution < -0.4 is 0 Å². The van der Waals surface area contributed by atoms with E-state index in [0.29, 0.717) is 0 Å². The Balaban J connectivity index is 1.85. The standard InChI is InChI=1S/C21H21N3O/c1-21(2,3)16-7-5-6-14(10-16)17-13-25-19-9-8-18(23-20(17)19)15-11-22-24(4)12-15/h5-13H,1-4H3. The van der Waals surface area contributed by atoms with Crippen molar-refractivity contribution < 1.29 is 4.42 Å². The van der Waals surface area contributed by atoms with Crippen LogP contribution in [-0.4, -0.2) is 14.8 Å². The number of pyridine rings is 1. The Morgan fingerprint density at radius 1 is 1.04 bits per heavy atom. The van der Waals surface area contributed by atoms with E-state index < -0.39 is 0 Å². The average Bonchev–Trinajstić information content (AvgIpc) is 3.19. The van der Waals surface area contributed by atoms with Crippen LogP contribution in [0.3, 0.4) is 0 Å². The summed E-state index contributed by atoms with van der Waals surface area (Å²) in [6.07, 6.45) is 5.59. The fraction of sp³-hybridized carbons (Fsp3) is 0.238. The third kappa shape index (κ3) is 2.84. The predicted octanol–water partition coefficient (Wildman–Crippen LogP) is 5.19. The van der Waals surface area contributed by atoms with Crippen LogP contribution in [0.15, 0.2) is 59.5 Å². The maximum Gasteiger partial charge on any atom is 0.153 e. The highest BCUT2D eigenvalue weighted by Crippen LogP contribution is 2.33. The highest BCUT2D eigenvalue weighted by Gasteiger charge is 2.16. The van der Waals surface area contributed by atoms with Gasteiger partial charge in [0.2, 0.25) is 0 Å². The Morgan fingerprint density at radius 2 is 1.88 bits per heavy atom. The highest BCUT2D eigenvalue weighted by atomic mass is 16.3. The van der Waals surface area contributed by atoms with E-state index >= 15 is 0 Å². The summed E-state index contributed by atoms with van der Waals surface area (Å²) in [7, 11) is 1.91. The second kappa shape index (κ2) is 5.59. The minimum Gasteiger partial charge on any atom is -0.462 e. The summed E-state index contributed by atoms with van der Waals surface area (Å²) in [5.41, 5.74) is 7.12. The van der Waals surface area contributed by atoms with Crippen LogP contribution in [0.2, 0.25) is 0 Å². The molecule has 0 unspecified atom stereocenters. The molecule has 4 heteroatoms. The summed E-state index contributed by atoms with van der Waals surface area (Å²) < 4.78 is 7.52. The quantitative estimate of drug-likeness (QED) is 0.507. The topological polar surface area (TPSA) is 43.9 Å². The minimum atomic E-state index is 0.101. The maximum atomic E-state index is 5.74. The third-order valence-electron chi connectivity index (χ3n) is 4.46. The average molecular weight is 331 g/mol. The molecular weight excluding hydrogens is 310 g/mol. The van der Waals surface area contributed by atoms with E-state index in [4.69, 9.17) is 9.40 Å². The SMILES string of the molecule is Cn1cc(-c2ccc3occ(-c4cccc(C(C)(C)C)c4)c3n2)cn1.